The van der Waals surface area contributed by atoms with E-state index in [1.54, 1.807) is 0 Å². The van der Waals surface area contributed by atoms with Gasteiger partial charge < -0.3 is 13.7 Å². The fourth-order valence-corrected chi connectivity index (χ4v) is 8.03. The van der Waals surface area contributed by atoms with Crippen LogP contribution < -0.4 is 4.90 Å². The largest absolute Gasteiger partial charge is 0.456 e. The predicted octanol–water partition coefficient (Wildman–Crippen LogP) is 12.5. The van der Waals surface area contributed by atoms with Gasteiger partial charge in [-0.1, -0.05) is 115 Å². The van der Waals surface area contributed by atoms with Gasteiger partial charge in [-0.25, -0.2) is 0 Å². The molecule has 0 saturated carbocycles. The highest BCUT2D eigenvalue weighted by Gasteiger charge is 2.31. The number of rotatable bonds is 5. The summed E-state index contributed by atoms with van der Waals surface area (Å²) in [5.41, 5.74) is 12.2. The second-order valence-electron chi connectivity index (χ2n) is 13.1. The van der Waals surface area contributed by atoms with E-state index in [1.807, 2.05) is 12.1 Å². The van der Waals surface area contributed by atoms with Crippen LogP contribution in [-0.4, -0.2) is 6.04 Å². The van der Waals surface area contributed by atoms with Crippen LogP contribution in [-0.2, 0) is 6.42 Å². The van der Waals surface area contributed by atoms with Crippen LogP contribution in [0.3, 0.4) is 0 Å². The lowest BCUT2D eigenvalue weighted by Crippen LogP contribution is -2.35. The monoisotopic (exact) mass is 631 g/mol. The first-order chi connectivity index (χ1) is 24.3. The number of furan rings is 2. The minimum absolute atomic E-state index is 0.0400. The Morgan fingerprint density at radius 2 is 1.33 bits per heavy atom. The highest BCUT2D eigenvalue weighted by Crippen LogP contribution is 2.44. The molecular formula is C46H33NO2. The third kappa shape index (κ3) is 4.57. The van der Waals surface area contributed by atoms with Crippen molar-refractivity contribution < 1.29 is 8.83 Å². The molecule has 2 aliphatic carbocycles. The third-order valence-corrected chi connectivity index (χ3v) is 10.3. The number of benzene rings is 6. The number of aryl methyl sites for hydroxylation is 1. The summed E-state index contributed by atoms with van der Waals surface area (Å²) in [6.07, 6.45) is 15.7. The lowest BCUT2D eigenvalue weighted by atomic mass is 9.84. The van der Waals surface area contributed by atoms with Crippen LogP contribution in [0.5, 0.6) is 0 Å². The fraction of sp³-hybridized carbons (Fsp3) is 0.0870. The number of para-hydroxylation sites is 2. The van der Waals surface area contributed by atoms with Crippen LogP contribution in [0, 0.1) is 0 Å². The van der Waals surface area contributed by atoms with Crippen molar-refractivity contribution in [1.82, 2.24) is 0 Å². The van der Waals surface area contributed by atoms with E-state index in [1.165, 1.54) is 27.5 Å². The Labute approximate surface area is 284 Å². The average molecular weight is 632 g/mol. The standard InChI is InChI=1S/C46H33NO2/c1-2-12-33(13-3-1)47(34-25-21-30(22-26-34)32-24-27-38-37-16-7-9-19-42(37)48-44(38)29-32)41-18-8-6-15-36(41)39-17-10-20-43-45(39)40-28-23-31-11-4-5-14-35(31)46(40)49-43/h1-3,5-10,12-29,36,41H,4,11H2. The van der Waals surface area contributed by atoms with E-state index < -0.39 is 0 Å². The molecule has 2 aromatic heterocycles. The van der Waals surface area contributed by atoms with Crippen LogP contribution in [0.4, 0.5) is 11.4 Å². The van der Waals surface area contributed by atoms with Gasteiger partial charge in [-0.05, 0) is 83.6 Å². The first kappa shape index (κ1) is 28.0. The number of anilines is 2. The molecule has 8 aromatic rings. The van der Waals surface area contributed by atoms with Gasteiger partial charge in [0.25, 0.3) is 0 Å². The van der Waals surface area contributed by atoms with Gasteiger partial charge >= 0.3 is 0 Å². The van der Waals surface area contributed by atoms with Crippen LogP contribution in [0.25, 0.3) is 61.1 Å². The summed E-state index contributed by atoms with van der Waals surface area (Å²) >= 11 is 0. The SMILES string of the molecule is C1=CC(c2cccc3oc4c5c(ccc4c23)CCC=C5)C(N(c2ccccc2)c2ccc(-c3ccc4c(c3)oc3ccccc34)cc2)C=C1. The number of fused-ring (bicyclic) bond motifs is 8. The highest BCUT2D eigenvalue weighted by atomic mass is 16.3. The summed E-state index contributed by atoms with van der Waals surface area (Å²) < 4.78 is 12.8. The Morgan fingerprint density at radius 3 is 2.24 bits per heavy atom. The summed E-state index contributed by atoms with van der Waals surface area (Å²) in [5, 5.41) is 4.69. The van der Waals surface area contributed by atoms with Crippen LogP contribution in [0.1, 0.15) is 29.0 Å². The zero-order valence-corrected chi connectivity index (χ0v) is 26.9. The van der Waals surface area contributed by atoms with Gasteiger partial charge in [-0.15, -0.1) is 0 Å². The topological polar surface area (TPSA) is 29.5 Å². The van der Waals surface area contributed by atoms with Crippen LogP contribution in [0.2, 0.25) is 0 Å². The predicted molar refractivity (Wildman–Crippen MR) is 204 cm³/mol. The molecule has 49 heavy (non-hydrogen) atoms. The maximum Gasteiger partial charge on any atom is 0.142 e. The Morgan fingerprint density at radius 1 is 0.571 bits per heavy atom. The third-order valence-electron chi connectivity index (χ3n) is 10.3. The molecule has 3 nitrogen and oxygen atoms in total. The van der Waals surface area contributed by atoms with E-state index in [-0.39, 0.29) is 12.0 Å². The maximum atomic E-state index is 6.63. The summed E-state index contributed by atoms with van der Waals surface area (Å²) in [6, 6.07) is 45.6. The van der Waals surface area contributed by atoms with E-state index in [2.05, 4.69) is 157 Å². The molecule has 3 heteroatoms. The van der Waals surface area contributed by atoms with Gasteiger partial charge in [0.15, 0.2) is 0 Å². The molecule has 0 fully saturated rings. The molecule has 10 rings (SSSR count). The maximum absolute atomic E-state index is 6.63. The quantitative estimate of drug-likeness (QED) is 0.189. The molecule has 2 heterocycles. The first-order valence-electron chi connectivity index (χ1n) is 17.1. The van der Waals surface area contributed by atoms with Crippen molar-refractivity contribution in [2.45, 2.75) is 24.8 Å². The summed E-state index contributed by atoms with van der Waals surface area (Å²) in [5.74, 6) is 0.0939. The van der Waals surface area contributed by atoms with Gasteiger partial charge in [0.05, 0.1) is 6.04 Å². The van der Waals surface area contributed by atoms with E-state index >= 15 is 0 Å². The smallest absolute Gasteiger partial charge is 0.142 e. The van der Waals surface area contributed by atoms with Gasteiger partial charge in [0, 0.05) is 44.4 Å². The Bertz CT molecular complexity index is 2620. The summed E-state index contributed by atoms with van der Waals surface area (Å²) in [7, 11) is 0. The van der Waals surface area contributed by atoms with E-state index in [0.29, 0.717) is 0 Å². The zero-order chi connectivity index (χ0) is 32.3. The van der Waals surface area contributed by atoms with E-state index in [0.717, 1.165) is 68.4 Å². The number of hydrogen-bond donors (Lipinski definition) is 0. The molecule has 0 saturated heterocycles. The minimum Gasteiger partial charge on any atom is -0.456 e. The van der Waals surface area contributed by atoms with Gasteiger partial charge in [0.2, 0.25) is 0 Å². The molecule has 234 valence electrons. The molecule has 0 radical (unpaired) electrons. The number of allylic oxidation sites excluding steroid dienone is 3. The van der Waals surface area contributed by atoms with Crippen molar-refractivity contribution >= 4 is 61.3 Å². The van der Waals surface area contributed by atoms with Crippen molar-refractivity contribution in [1.29, 1.82) is 0 Å². The van der Waals surface area contributed by atoms with Crippen molar-refractivity contribution in [3.8, 4) is 11.1 Å². The molecular weight excluding hydrogens is 599 g/mol. The molecule has 0 N–H and O–H groups in total. The molecule has 2 aliphatic rings. The Balaban J connectivity index is 1.07. The lowest BCUT2D eigenvalue weighted by molar-refractivity contribution is 0.664. The van der Waals surface area contributed by atoms with Crippen molar-refractivity contribution in [2.75, 3.05) is 4.90 Å². The van der Waals surface area contributed by atoms with Crippen LogP contribution in [0.15, 0.2) is 167 Å². The normalized spacial score (nSPS) is 17.0. The van der Waals surface area contributed by atoms with Crippen LogP contribution >= 0.6 is 0 Å². The molecule has 0 spiro atoms. The zero-order valence-electron chi connectivity index (χ0n) is 26.9. The summed E-state index contributed by atoms with van der Waals surface area (Å²) in [6.45, 7) is 0. The summed E-state index contributed by atoms with van der Waals surface area (Å²) in [4.78, 5) is 2.47. The van der Waals surface area contributed by atoms with Crippen molar-refractivity contribution in [3.05, 3.63) is 174 Å². The van der Waals surface area contributed by atoms with Gasteiger partial charge in [-0.3, -0.25) is 0 Å². The number of hydrogen-bond acceptors (Lipinski definition) is 3. The van der Waals surface area contributed by atoms with Crippen molar-refractivity contribution in [2.24, 2.45) is 0 Å². The Hall–Kier alpha value is -6.06. The molecule has 0 amide bonds. The Kier molecular flexibility index (Phi) is 6.45. The van der Waals surface area contributed by atoms with Gasteiger partial charge in [-0.2, -0.15) is 0 Å². The molecule has 2 unspecified atom stereocenters. The van der Waals surface area contributed by atoms with Crippen molar-refractivity contribution in [3.63, 3.8) is 0 Å². The first-order valence-corrected chi connectivity index (χ1v) is 17.1. The second-order valence-corrected chi connectivity index (χ2v) is 13.1. The molecule has 0 aliphatic heterocycles. The lowest BCUT2D eigenvalue weighted by Gasteiger charge is -2.38. The second kappa shape index (κ2) is 11.3. The molecule has 6 aromatic carbocycles. The van der Waals surface area contributed by atoms with E-state index in [9.17, 15) is 0 Å². The highest BCUT2D eigenvalue weighted by molar-refractivity contribution is 6.10. The average Bonchev–Trinajstić information content (AvgIpc) is 3.74. The van der Waals surface area contributed by atoms with E-state index in [4.69, 9.17) is 8.83 Å². The molecule has 2 atom stereocenters. The fourth-order valence-electron chi connectivity index (χ4n) is 8.03. The minimum atomic E-state index is 0.0400. The van der Waals surface area contributed by atoms with Gasteiger partial charge in [0.1, 0.15) is 22.3 Å². The molecule has 0 bridgehead atoms. The number of nitrogens with zero attached hydrogens (tertiary/aromatic N) is 1.